The second-order valence-corrected chi connectivity index (χ2v) is 5.22. The molecule has 1 atom stereocenters. The number of hydrogen-bond acceptors (Lipinski definition) is 2. The van der Waals surface area contributed by atoms with Crippen LogP contribution in [0.4, 0.5) is 0 Å². The Balaban J connectivity index is 2.42. The Morgan fingerprint density at radius 1 is 1.39 bits per heavy atom. The zero-order valence-electron chi connectivity index (χ0n) is 10.9. The van der Waals surface area contributed by atoms with E-state index in [4.69, 9.17) is 17.3 Å². The molecule has 0 aliphatic rings. The quantitative estimate of drug-likeness (QED) is 0.925. The van der Waals surface area contributed by atoms with Crippen molar-refractivity contribution in [2.75, 3.05) is 0 Å². The number of benzene rings is 1. The van der Waals surface area contributed by atoms with E-state index in [1.165, 1.54) is 11.1 Å². The number of aromatic nitrogens is 2. The number of aryl methyl sites for hydroxylation is 2. The second kappa shape index (κ2) is 5.12. The van der Waals surface area contributed by atoms with Crippen LogP contribution in [0.15, 0.2) is 24.4 Å². The molecule has 0 radical (unpaired) electrons. The lowest BCUT2D eigenvalue weighted by atomic mass is 10.0. The van der Waals surface area contributed by atoms with Crippen LogP contribution in [-0.4, -0.2) is 15.8 Å². The predicted octanol–water partition coefficient (Wildman–Crippen LogP) is 3.03. The van der Waals surface area contributed by atoms with Gasteiger partial charge < -0.3 is 5.73 Å². The monoisotopic (exact) mass is 263 g/mol. The summed E-state index contributed by atoms with van der Waals surface area (Å²) in [7, 11) is 0. The molecular weight excluding hydrogens is 246 g/mol. The predicted molar refractivity (Wildman–Crippen MR) is 75.4 cm³/mol. The van der Waals surface area contributed by atoms with E-state index >= 15 is 0 Å². The van der Waals surface area contributed by atoms with E-state index in [2.05, 4.69) is 30.2 Å². The van der Waals surface area contributed by atoms with Crippen LogP contribution in [0, 0.1) is 13.8 Å². The van der Waals surface area contributed by atoms with Gasteiger partial charge in [-0.25, -0.2) is 4.68 Å². The summed E-state index contributed by atoms with van der Waals surface area (Å²) in [5.74, 6) is 0. The molecule has 1 unspecified atom stereocenters. The Bertz CT molecular complexity index is 539. The number of hydrogen-bond donors (Lipinski definition) is 1. The standard InChI is InChI=1S/C14H18ClN3/c1-9-4-5-12(6-10(2)16)7-14(9)18-8-13(15)11(3)17-18/h4-5,7-8,10H,6,16H2,1-3H3. The van der Waals surface area contributed by atoms with Gasteiger partial charge in [0.05, 0.1) is 16.4 Å². The van der Waals surface area contributed by atoms with Gasteiger partial charge in [-0.3, -0.25) is 0 Å². The SMILES string of the molecule is Cc1ccc(CC(C)N)cc1-n1cc(Cl)c(C)n1. The zero-order valence-corrected chi connectivity index (χ0v) is 11.7. The third kappa shape index (κ3) is 2.74. The Kier molecular flexibility index (Phi) is 3.73. The molecule has 18 heavy (non-hydrogen) atoms. The van der Waals surface area contributed by atoms with E-state index < -0.39 is 0 Å². The van der Waals surface area contributed by atoms with Crippen LogP contribution in [-0.2, 0) is 6.42 Å². The van der Waals surface area contributed by atoms with Gasteiger partial charge in [0.15, 0.2) is 0 Å². The van der Waals surface area contributed by atoms with E-state index in [0.717, 1.165) is 17.8 Å². The van der Waals surface area contributed by atoms with Gasteiger partial charge in [0.2, 0.25) is 0 Å². The lowest BCUT2D eigenvalue weighted by Gasteiger charge is -2.10. The van der Waals surface area contributed by atoms with Crippen LogP contribution in [0.5, 0.6) is 0 Å². The molecule has 0 saturated heterocycles. The van der Waals surface area contributed by atoms with Crippen molar-refractivity contribution >= 4 is 11.6 Å². The first-order chi connectivity index (χ1) is 8.47. The highest BCUT2D eigenvalue weighted by atomic mass is 35.5. The van der Waals surface area contributed by atoms with Gasteiger partial charge in [0.25, 0.3) is 0 Å². The molecule has 0 bridgehead atoms. The van der Waals surface area contributed by atoms with Crippen LogP contribution in [0.2, 0.25) is 5.02 Å². The molecule has 1 heterocycles. The number of rotatable bonds is 3. The molecule has 4 heteroatoms. The lowest BCUT2D eigenvalue weighted by molar-refractivity contribution is 0.736. The van der Waals surface area contributed by atoms with Crippen LogP contribution in [0.25, 0.3) is 5.69 Å². The summed E-state index contributed by atoms with van der Waals surface area (Å²) in [5, 5.41) is 5.10. The molecule has 96 valence electrons. The number of halogens is 1. The third-order valence-corrected chi connectivity index (χ3v) is 3.29. The van der Waals surface area contributed by atoms with Crippen LogP contribution in [0.3, 0.4) is 0 Å². The minimum atomic E-state index is 0.156. The average Bonchev–Trinajstić information content (AvgIpc) is 2.61. The van der Waals surface area contributed by atoms with Gasteiger partial charge in [0.1, 0.15) is 0 Å². The number of nitrogens with zero attached hydrogens (tertiary/aromatic N) is 2. The average molecular weight is 264 g/mol. The molecule has 0 aliphatic carbocycles. The molecule has 0 spiro atoms. The zero-order chi connectivity index (χ0) is 13.3. The van der Waals surface area contributed by atoms with Crippen molar-refractivity contribution in [3.63, 3.8) is 0 Å². The van der Waals surface area contributed by atoms with Crippen LogP contribution < -0.4 is 5.73 Å². The largest absolute Gasteiger partial charge is 0.328 e. The molecule has 1 aromatic carbocycles. The maximum absolute atomic E-state index is 6.05. The summed E-state index contributed by atoms with van der Waals surface area (Å²) in [5.41, 5.74) is 10.1. The fraction of sp³-hybridized carbons (Fsp3) is 0.357. The van der Waals surface area contributed by atoms with Crippen molar-refractivity contribution in [3.05, 3.63) is 46.2 Å². The molecule has 2 aromatic rings. The fourth-order valence-electron chi connectivity index (χ4n) is 1.96. The normalized spacial score (nSPS) is 12.7. The Labute approximate surface area is 113 Å². The van der Waals surface area contributed by atoms with Gasteiger partial charge in [-0.15, -0.1) is 0 Å². The first kappa shape index (κ1) is 13.1. The molecule has 2 N–H and O–H groups in total. The smallest absolute Gasteiger partial charge is 0.0819 e. The molecule has 2 rings (SSSR count). The summed E-state index contributed by atoms with van der Waals surface area (Å²) in [6, 6.07) is 6.49. The van der Waals surface area contributed by atoms with Gasteiger partial charge >= 0.3 is 0 Å². The summed E-state index contributed by atoms with van der Waals surface area (Å²) < 4.78 is 1.83. The number of nitrogens with two attached hydrogens (primary N) is 1. The van der Waals surface area contributed by atoms with Crippen molar-refractivity contribution < 1.29 is 0 Å². The highest BCUT2D eigenvalue weighted by molar-refractivity contribution is 6.31. The Morgan fingerprint density at radius 2 is 2.11 bits per heavy atom. The van der Waals surface area contributed by atoms with Crippen LogP contribution >= 0.6 is 11.6 Å². The van der Waals surface area contributed by atoms with E-state index in [-0.39, 0.29) is 6.04 Å². The first-order valence-electron chi connectivity index (χ1n) is 6.04. The van der Waals surface area contributed by atoms with E-state index in [1.54, 1.807) is 0 Å². The van der Waals surface area contributed by atoms with Crippen molar-refractivity contribution in [1.29, 1.82) is 0 Å². The van der Waals surface area contributed by atoms with Gasteiger partial charge in [-0.2, -0.15) is 5.10 Å². The van der Waals surface area contributed by atoms with Gasteiger partial charge in [-0.05, 0) is 44.4 Å². The highest BCUT2D eigenvalue weighted by Gasteiger charge is 2.08. The third-order valence-electron chi connectivity index (χ3n) is 2.92. The Morgan fingerprint density at radius 3 is 2.67 bits per heavy atom. The van der Waals surface area contributed by atoms with Crippen molar-refractivity contribution in [2.24, 2.45) is 5.73 Å². The van der Waals surface area contributed by atoms with Crippen molar-refractivity contribution in [3.8, 4) is 5.69 Å². The maximum atomic E-state index is 6.05. The fourth-order valence-corrected chi connectivity index (χ4v) is 2.09. The molecule has 0 amide bonds. The van der Waals surface area contributed by atoms with E-state index in [1.807, 2.05) is 24.7 Å². The second-order valence-electron chi connectivity index (χ2n) is 4.81. The van der Waals surface area contributed by atoms with E-state index in [9.17, 15) is 0 Å². The molecule has 1 aromatic heterocycles. The molecule has 0 fully saturated rings. The molecule has 0 aliphatic heterocycles. The van der Waals surface area contributed by atoms with Crippen molar-refractivity contribution in [2.45, 2.75) is 33.2 Å². The minimum absolute atomic E-state index is 0.156. The maximum Gasteiger partial charge on any atom is 0.0819 e. The first-order valence-corrected chi connectivity index (χ1v) is 6.42. The van der Waals surface area contributed by atoms with Crippen LogP contribution in [0.1, 0.15) is 23.7 Å². The van der Waals surface area contributed by atoms with Crippen molar-refractivity contribution in [1.82, 2.24) is 9.78 Å². The molecule has 3 nitrogen and oxygen atoms in total. The summed E-state index contributed by atoms with van der Waals surface area (Å²) >= 11 is 6.05. The highest BCUT2D eigenvalue weighted by Crippen LogP contribution is 2.20. The lowest BCUT2D eigenvalue weighted by Crippen LogP contribution is -2.18. The molecule has 0 saturated carbocycles. The summed E-state index contributed by atoms with van der Waals surface area (Å²) in [6.07, 6.45) is 2.70. The molecular formula is C14H18ClN3. The summed E-state index contributed by atoms with van der Waals surface area (Å²) in [4.78, 5) is 0. The topological polar surface area (TPSA) is 43.8 Å². The minimum Gasteiger partial charge on any atom is -0.328 e. The Hall–Kier alpha value is -1.32. The van der Waals surface area contributed by atoms with E-state index in [0.29, 0.717) is 5.02 Å². The summed E-state index contributed by atoms with van der Waals surface area (Å²) in [6.45, 7) is 5.98. The van der Waals surface area contributed by atoms with Gasteiger partial charge in [-0.1, -0.05) is 23.7 Å². The van der Waals surface area contributed by atoms with Gasteiger partial charge in [0, 0.05) is 12.2 Å².